The molecule has 1 rings (SSSR count). The lowest BCUT2D eigenvalue weighted by Gasteiger charge is -1.90. The van der Waals surface area contributed by atoms with Crippen LogP contribution >= 0.6 is 11.8 Å². The van der Waals surface area contributed by atoms with Gasteiger partial charge in [0.25, 0.3) is 0 Å². The molecular weight excluding hydrogens is 184 g/mol. The molecule has 0 aliphatic heterocycles. The number of hydrogen-bond donors (Lipinski definition) is 0. The van der Waals surface area contributed by atoms with Gasteiger partial charge < -0.3 is 0 Å². The molecule has 0 atom stereocenters. The normalized spacial score (nSPS) is 10.5. The predicted octanol–water partition coefficient (Wildman–Crippen LogP) is 1.77. The van der Waals surface area contributed by atoms with Gasteiger partial charge >= 0.3 is 0 Å². The maximum Gasteiger partial charge on any atom is 0.186 e. The molecule has 0 radical (unpaired) electrons. The summed E-state index contributed by atoms with van der Waals surface area (Å²) in [6.45, 7) is 1.56. The van der Waals surface area contributed by atoms with Crippen molar-refractivity contribution in [3.63, 3.8) is 0 Å². The van der Waals surface area contributed by atoms with Gasteiger partial charge in [-0.3, -0.25) is 4.79 Å². The smallest absolute Gasteiger partial charge is 0.186 e. The maximum absolute atomic E-state index is 10.6. The third-order valence-corrected chi connectivity index (χ3v) is 2.04. The predicted molar refractivity (Wildman–Crippen MR) is 54.2 cm³/mol. The zero-order chi connectivity index (χ0) is 9.52. The first-order chi connectivity index (χ1) is 6.29. The molecule has 1 aromatic rings. The van der Waals surface area contributed by atoms with E-state index in [1.807, 2.05) is 12.2 Å². The van der Waals surface area contributed by atoms with Crippen LogP contribution in [-0.2, 0) is 4.79 Å². The molecule has 0 spiro atoms. The van der Waals surface area contributed by atoms with E-state index in [4.69, 9.17) is 0 Å². The Bertz CT molecular complexity index is 298. The minimum Gasteiger partial charge on any atom is -0.288 e. The summed E-state index contributed by atoms with van der Waals surface area (Å²) in [6.07, 6.45) is 8.76. The van der Waals surface area contributed by atoms with Crippen LogP contribution in [0.4, 0.5) is 0 Å². The Morgan fingerprint density at radius 3 is 2.85 bits per heavy atom. The molecule has 0 aliphatic rings. The molecule has 0 amide bonds. The van der Waals surface area contributed by atoms with Gasteiger partial charge in [-0.2, -0.15) is 0 Å². The van der Waals surface area contributed by atoms with E-state index in [-0.39, 0.29) is 5.12 Å². The summed E-state index contributed by atoms with van der Waals surface area (Å²) in [5, 5.41) is 0.133. The summed E-state index contributed by atoms with van der Waals surface area (Å²) in [5.41, 5.74) is 0.951. The molecule has 68 valence electrons. The van der Waals surface area contributed by atoms with Crippen LogP contribution in [0, 0.1) is 0 Å². The lowest BCUT2D eigenvalue weighted by atomic mass is 10.3. The summed E-state index contributed by atoms with van der Waals surface area (Å²) in [5.74, 6) is 0.699. The lowest BCUT2D eigenvalue weighted by molar-refractivity contribution is -0.109. The minimum absolute atomic E-state index is 0.133. The molecule has 0 saturated carbocycles. The SMILES string of the molecule is CC(=O)SCC=Cc1cncnc1. The third-order valence-electron chi connectivity index (χ3n) is 1.27. The van der Waals surface area contributed by atoms with E-state index >= 15 is 0 Å². The average Bonchev–Trinajstić information content (AvgIpc) is 2.14. The Labute approximate surface area is 81.3 Å². The van der Waals surface area contributed by atoms with Crippen LogP contribution in [-0.4, -0.2) is 20.8 Å². The second-order valence-corrected chi connectivity index (χ2v) is 3.57. The quantitative estimate of drug-likeness (QED) is 0.735. The molecule has 0 bridgehead atoms. The number of carbonyl (C=O) groups is 1. The van der Waals surface area contributed by atoms with Crippen LogP contribution < -0.4 is 0 Å². The molecule has 3 nitrogen and oxygen atoms in total. The highest BCUT2D eigenvalue weighted by molar-refractivity contribution is 8.13. The molecule has 0 aromatic carbocycles. The standard InChI is InChI=1S/C9H10N2OS/c1-8(12)13-4-2-3-9-5-10-7-11-6-9/h2-3,5-7H,4H2,1H3. The Morgan fingerprint density at radius 2 is 2.23 bits per heavy atom. The van der Waals surface area contributed by atoms with Crippen molar-refractivity contribution in [1.82, 2.24) is 9.97 Å². The van der Waals surface area contributed by atoms with Crippen molar-refractivity contribution in [1.29, 1.82) is 0 Å². The molecule has 0 saturated heterocycles. The number of thioether (sulfide) groups is 1. The maximum atomic E-state index is 10.6. The molecule has 0 N–H and O–H groups in total. The third kappa shape index (κ3) is 4.42. The second-order valence-electron chi connectivity index (χ2n) is 2.38. The van der Waals surface area contributed by atoms with Gasteiger partial charge in [0.05, 0.1) is 0 Å². The number of hydrogen-bond acceptors (Lipinski definition) is 4. The Morgan fingerprint density at radius 1 is 1.54 bits per heavy atom. The van der Waals surface area contributed by atoms with Gasteiger partial charge in [-0.15, -0.1) is 0 Å². The molecule has 1 heterocycles. The van der Waals surface area contributed by atoms with Crippen LogP contribution in [0.3, 0.4) is 0 Å². The van der Waals surface area contributed by atoms with Gasteiger partial charge in [0.15, 0.2) is 5.12 Å². The number of aromatic nitrogens is 2. The van der Waals surface area contributed by atoms with Crippen molar-refractivity contribution < 1.29 is 4.79 Å². The van der Waals surface area contributed by atoms with Crippen LogP contribution in [0.1, 0.15) is 12.5 Å². The van der Waals surface area contributed by atoms with E-state index in [0.717, 1.165) is 5.56 Å². The highest BCUT2D eigenvalue weighted by atomic mass is 32.2. The highest BCUT2D eigenvalue weighted by Crippen LogP contribution is 2.03. The molecule has 0 aliphatic carbocycles. The zero-order valence-corrected chi connectivity index (χ0v) is 8.12. The van der Waals surface area contributed by atoms with E-state index in [1.165, 1.54) is 18.1 Å². The van der Waals surface area contributed by atoms with E-state index in [9.17, 15) is 4.79 Å². The summed E-state index contributed by atoms with van der Waals surface area (Å²) < 4.78 is 0. The Hall–Kier alpha value is -1.16. The summed E-state index contributed by atoms with van der Waals surface area (Å²) in [4.78, 5) is 18.3. The summed E-state index contributed by atoms with van der Waals surface area (Å²) >= 11 is 1.28. The van der Waals surface area contributed by atoms with Crippen molar-refractivity contribution >= 4 is 23.0 Å². The van der Waals surface area contributed by atoms with E-state index in [1.54, 1.807) is 19.3 Å². The fourth-order valence-corrected chi connectivity index (χ4v) is 1.17. The van der Waals surface area contributed by atoms with Gasteiger partial charge in [-0.05, 0) is 0 Å². The first-order valence-electron chi connectivity index (χ1n) is 3.84. The van der Waals surface area contributed by atoms with Gasteiger partial charge in [0.1, 0.15) is 6.33 Å². The topological polar surface area (TPSA) is 42.9 Å². The van der Waals surface area contributed by atoms with Crippen molar-refractivity contribution in [3.8, 4) is 0 Å². The summed E-state index contributed by atoms with van der Waals surface area (Å²) in [7, 11) is 0. The molecule has 13 heavy (non-hydrogen) atoms. The zero-order valence-electron chi connectivity index (χ0n) is 7.30. The first kappa shape index (κ1) is 9.92. The monoisotopic (exact) mass is 194 g/mol. The van der Waals surface area contributed by atoms with Crippen LogP contribution in [0.2, 0.25) is 0 Å². The Balaban J connectivity index is 2.37. The second kappa shape index (κ2) is 5.48. The lowest BCUT2D eigenvalue weighted by Crippen LogP contribution is -1.82. The van der Waals surface area contributed by atoms with Crippen LogP contribution in [0.15, 0.2) is 24.8 Å². The van der Waals surface area contributed by atoms with Gasteiger partial charge in [-0.25, -0.2) is 9.97 Å². The molecule has 0 fully saturated rings. The largest absolute Gasteiger partial charge is 0.288 e. The molecule has 1 aromatic heterocycles. The average molecular weight is 194 g/mol. The van der Waals surface area contributed by atoms with Crippen molar-refractivity contribution in [2.24, 2.45) is 0 Å². The van der Waals surface area contributed by atoms with Gasteiger partial charge in [-0.1, -0.05) is 23.9 Å². The fourth-order valence-electron chi connectivity index (χ4n) is 0.746. The van der Waals surface area contributed by atoms with Gasteiger partial charge in [0.2, 0.25) is 0 Å². The van der Waals surface area contributed by atoms with Gasteiger partial charge in [0, 0.05) is 30.6 Å². The molecular formula is C9H10N2OS. The Kier molecular flexibility index (Phi) is 4.18. The van der Waals surface area contributed by atoms with Crippen molar-refractivity contribution in [3.05, 3.63) is 30.4 Å². The van der Waals surface area contributed by atoms with E-state index < -0.39 is 0 Å². The van der Waals surface area contributed by atoms with Crippen molar-refractivity contribution in [2.75, 3.05) is 5.75 Å². The van der Waals surface area contributed by atoms with Crippen molar-refractivity contribution in [2.45, 2.75) is 6.92 Å². The number of rotatable bonds is 3. The summed E-state index contributed by atoms with van der Waals surface area (Å²) in [6, 6.07) is 0. The van der Waals surface area contributed by atoms with E-state index in [2.05, 4.69) is 9.97 Å². The van der Waals surface area contributed by atoms with Crippen LogP contribution in [0.25, 0.3) is 6.08 Å². The fraction of sp³-hybridized carbons (Fsp3) is 0.222. The molecule has 0 unspecified atom stereocenters. The minimum atomic E-state index is 0.133. The number of nitrogens with zero attached hydrogens (tertiary/aromatic N) is 2. The first-order valence-corrected chi connectivity index (χ1v) is 4.82. The molecule has 4 heteroatoms. The van der Waals surface area contributed by atoms with E-state index in [0.29, 0.717) is 5.75 Å². The number of carbonyl (C=O) groups excluding carboxylic acids is 1. The highest BCUT2D eigenvalue weighted by Gasteiger charge is 1.89. The van der Waals surface area contributed by atoms with Crippen LogP contribution in [0.5, 0.6) is 0 Å².